The summed E-state index contributed by atoms with van der Waals surface area (Å²) in [4.78, 5) is 4.98. The minimum Gasteiger partial charge on any atom is -0.308 e. The average Bonchev–Trinajstić information content (AvgIpc) is 2.82. The third-order valence-corrected chi connectivity index (χ3v) is 4.99. The van der Waals surface area contributed by atoms with Gasteiger partial charge in [0.15, 0.2) is 0 Å². The van der Waals surface area contributed by atoms with Crippen molar-refractivity contribution in [3.05, 3.63) is 40.2 Å². The Kier molecular flexibility index (Phi) is 4.15. The number of aromatic nitrogens is 1. The van der Waals surface area contributed by atoms with Gasteiger partial charge in [0.05, 0.1) is 0 Å². The molecule has 0 unspecified atom stereocenters. The number of nitrogens with one attached hydrogen (secondary N) is 2. The normalized spacial score (nSPS) is 11.5. The topological polar surface area (TPSA) is 97.1 Å². The summed E-state index contributed by atoms with van der Waals surface area (Å²) in [7, 11) is -3.55. The van der Waals surface area contributed by atoms with Crippen molar-refractivity contribution < 1.29 is 8.42 Å². The van der Waals surface area contributed by atoms with Gasteiger partial charge >= 0.3 is 0 Å². The molecule has 0 aromatic carbocycles. The molecule has 0 aliphatic heterocycles. The maximum Gasteiger partial charge on any atom is 0.242 e. The molecule has 0 saturated carbocycles. The van der Waals surface area contributed by atoms with E-state index in [1.165, 1.54) is 29.7 Å². The highest BCUT2D eigenvalue weighted by Gasteiger charge is 2.14. The molecular formula is C11H14N4O2S2. The SMILES string of the molecule is Cc1ccsc1CNS(=O)(=O)c1ccc(NN)nc1. The minimum absolute atomic E-state index is 0.112. The van der Waals surface area contributed by atoms with Crippen LogP contribution in [-0.2, 0) is 16.6 Å². The van der Waals surface area contributed by atoms with E-state index in [0.717, 1.165) is 10.4 Å². The fourth-order valence-electron chi connectivity index (χ4n) is 1.45. The summed E-state index contributed by atoms with van der Waals surface area (Å²) < 4.78 is 26.6. The van der Waals surface area contributed by atoms with Crippen molar-refractivity contribution in [3.63, 3.8) is 0 Å². The number of nitrogen functional groups attached to an aromatic ring is 1. The monoisotopic (exact) mass is 298 g/mol. The first kappa shape index (κ1) is 13.9. The van der Waals surface area contributed by atoms with E-state index in [9.17, 15) is 8.42 Å². The third-order valence-electron chi connectivity index (χ3n) is 2.59. The number of thiophene rings is 1. The smallest absolute Gasteiger partial charge is 0.242 e. The molecule has 0 bridgehead atoms. The Morgan fingerprint density at radius 1 is 1.37 bits per heavy atom. The molecule has 0 fully saturated rings. The van der Waals surface area contributed by atoms with Crippen LogP contribution in [0.5, 0.6) is 0 Å². The maximum atomic E-state index is 12.0. The molecule has 0 atom stereocenters. The molecule has 102 valence electrons. The van der Waals surface area contributed by atoms with E-state index in [1.807, 2.05) is 18.4 Å². The summed E-state index contributed by atoms with van der Waals surface area (Å²) >= 11 is 1.52. The van der Waals surface area contributed by atoms with Gasteiger partial charge in [0, 0.05) is 17.6 Å². The van der Waals surface area contributed by atoms with E-state index in [-0.39, 0.29) is 11.4 Å². The zero-order valence-electron chi connectivity index (χ0n) is 10.3. The molecule has 0 radical (unpaired) electrons. The Morgan fingerprint density at radius 3 is 2.68 bits per heavy atom. The number of sulfonamides is 1. The van der Waals surface area contributed by atoms with Crippen LogP contribution in [0.1, 0.15) is 10.4 Å². The van der Waals surface area contributed by atoms with Gasteiger partial charge in [-0.05, 0) is 36.1 Å². The Morgan fingerprint density at radius 2 is 2.16 bits per heavy atom. The molecule has 2 aromatic rings. The van der Waals surface area contributed by atoms with Gasteiger partial charge in [-0.25, -0.2) is 24.0 Å². The Hall–Kier alpha value is -1.48. The zero-order chi connectivity index (χ0) is 13.9. The van der Waals surface area contributed by atoms with Gasteiger partial charge < -0.3 is 5.43 Å². The molecule has 0 aliphatic rings. The fraction of sp³-hybridized carbons (Fsp3) is 0.182. The second kappa shape index (κ2) is 5.66. The van der Waals surface area contributed by atoms with Crippen LogP contribution in [0, 0.1) is 6.92 Å². The van der Waals surface area contributed by atoms with Crippen molar-refractivity contribution in [2.45, 2.75) is 18.4 Å². The lowest BCUT2D eigenvalue weighted by Crippen LogP contribution is -2.23. The zero-order valence-corrected chi connectivity index (χ0v) is 11.9. The average molecular weight is 298 g/mol. The molecule has 0 saturated heterocycles. The predicted octanol–water partition coefficient (Wildman–Crippen LogP) is 1.22. The molecule has 2 aromatic heterocycles. The van der Waals surface area contributed by atoms with Crippen LogP contribution < -0.4 is 16.0 Å². The first-order valence-corrected chi connectivity index (χ1v) is 7.84. The Balaban J connectivity index is 2.11. The lowest BCUT2D eigenvalue weighted by molar-refractivity contribution is 0.581. The van der Waals surface area contributed by atoms with Crippen molar-refractivity contribution in [2.75, 3.05) is 5.43 Å². The van der Waals surface area contributed by atoms with Crippen molar-refractivity contribution in [2.24, 2.45) is 5.84 Å². The molecule has 0 amide bonds. The van der Waals surface area contributed by atoms with E-state index < -0.39 is 10.0 Å². The summed E-state index contributed by atoms with van der Waals surface area (Å²) in [5, 5.41) is 1.93. The number of rotatable bonds is 5. The van der Waals surface area contributed by atoms with Crippen LogP contribution in [0.15, 0.2) is 34.7 Å². The molecule has 19 heavy (non-hydrogen) atoms. The first-order chi connectivity index (χ1) is 9.03. The standard InChI is InChI=1S/C11H14N4O2S2/c1-8-4-5-18-10(8)7-14-19(16,17)9-2-3-11(15-12)13-6-9/h2-6,14H,7,12H2,1H3,(H,13,15). The van der Waals surface area contributed by atoms with Crippen LogP contribution in [0.4, 0.5) is 5.82 Å². The van der Waals surface area contributed by atoms with Gasteiger partial charge in [-0.1, -0.05) is 0 Å². The molecule has 0 spiro atoms. The second-order valence-electron chi connectivity index (χ2n) is 3.87. The molecule has 2 heterocycles. The number of aryl methyl sites for hydroxylation is 1. The van der Waals surface area contributed by atoms with Crippen molar-refractivity contribution in [3.8, 4) is 0 Å². The first-order valence-electron chi connectivity index (χ1n) is 5.48. The molecule has 8 heteroatoms. The summed E-state index contributed by atoms with van der Waals surface area (Å²) in [5.41, 5.74) is 3.42. The van der Waals surface area contributed by atoms with Gasteiger partial charge in [-0.2, -0.15) is 0 Å². The summed E-state index contributed by atoms with van der Waals surface area (Å²) in [5.74, 6) is 5.58. The van der Waals surface area contributed by atoms with Gasteiger partial charge in [0.1, 0.15) is 10.7 Å². The number of nitrogens with zero attached hydrogens (tertiary/aromatic N) is 1. The molecule has 2 rings (SSSR count). The van der Waals surface area contributed by atoms with Gasteiger partial charge in [-0.3, -0.25) is 0 Å². The summed E-state index contributed by atoms with van der Waals surface area (Å²) in [6, 6.07) is 4.91. The molecular weight excluding hydrogens is 284 g/mol. The highest BCUT2D eigenvalue weighted by Crippen LogP contribution is 2.16. The molecule has 6 nitrogen and oxygen atoms in total. The van der Waals surface area contributed by atoms with Gasteiger partial charge in [0.2, 0.25) is 10.0 Å². The quantitative estimate of drug-likeness (QED) is 0.569. The van der Waals surface area contributed by atoms with Crippen LogP contribution in [0.25, 0.3) is 0 Å². The Labute approximate surface area is 115 Å². The van der Waals surface area contributed by atoms with Crippen LogP contribution >= 0.6 is 11.3 Å². The number of nitrogens with two attached hydrogens (primary N) is 1. The highest BCUT2D eigenvalue weighted by molar-refractivity contribution is 7.89. The molecule has 4 N–H and O–H groups in total. The number of hydrazine groups is 1. The van der Waals surface area contributed by atoms with E-state index in [0.29, 0.717) is 5.82 Å². The largest absolute Gasteiger partial charge is 0.308 e. The summed E-state index contributed by atoms with van der Waals surface area (Å²) in [6.07, 6.45) is 1.26. The highest BCUT2D eigenvalue weighted by atomic mass is 32.2. The number of hydrogen-bond acceptors (Lipinski definition) is 6. The third kappa shape index (κ3) is 3.29. The second-order valence-corrected chi connectivity index (χ2v) is 6.64. The Bertz CT molecular complexity index is 650. The lowest BCUT2D eigenvalue weighted by atomic mass is 10.3. The predicted molar refractivity (Wildman–Crippen MR) is 75.1 cm³/mol. The van der Waals surface area contributed by atoms with Crippen LogP contribution in [0.2, 0.25) is 0 Å². The fourth-order valence-corrected chi connectivity index (χ4v) is 3.33. The van der Waals surface area contributed by atoms with Gasteiger partial charge in [0.25, 0.3) is 0 Å². The van der Waals surface area contributed by atoms with E-state index in [1.54, 1.807) is 0 Å². The number of hydrogen-bond donors (Lipinski definition) is 3. The summed E-state index contributed by atoms with van der Waals surface area (Å²) in [6.45, 7) is 2.23. The number of pyridine rings is 1. The van der Waals surface area contributed by atoms with E-state index >= 15 is 0 Å². The van der Waals surface area contributed by atoms with Crippen molar-refractivity contribution >= 4 is 27.2 Å². The van der Waals surface area contributed by atoms with Crippen LogP contribution in [-0.4, -0.2) is 13.4 Å². The molecule has 0 aliphatic carbocycles. The minimum atomic E-state index is -3.55. The van der Waals surface area contributed by atoms with E-state index in [4.69, 9.17) is 5.84 Å². The van der Waals surface area contributed by atoms with Crippen molar-refractivity contribution in [1.82, 2.24) is 9.71 Å². The van der Waals surface area contributed by atoms with Crippen molar-refractivity contribution in [1.29, 1.82) is 0 Å². The van der Waals surface area contributed by atoms with Gasteiger partial charge in [-0.15, -0.1) is 11.3 Å². The number of anilines is 1. The van der Waals surface area contributed by atoms with Crippen LogP contribution in [0.3, 0.4) is 0 Å². The maximum absolute atomic E-state index is 12.0. The lowest BCUT2D eigenvalue weighted by Gasteiger charge is -2.06. The van der Waals surface area contributed by atoms with E-state index in [2.05, 4.69) is 15.1 Å².